The largest absolute Gasteiger partial charge is 0.497 e. The monoisotopic (exact) mass is 257 g/mol. The fourth-order valence-corrected chi connectivity index (χ4v) is 1.98. The molecule has 2 rings (SSSR count). The maximum absolute atomic E-state index is 5.57. The minimum atomic E-state index is 0.610. The molecule has 0 bridgehead atoms. The van der Waals surface area contributed by atoms with E-state index in [0.717, 1.165) is 35.8 Å². The Labute approximate surface area is 113 Å². The zero-order chi connectivity index (χ0) is 13.7. The van der Waals surface area contributed by atoms with Crippen molar-refractivity contribution >= 4 is 0 Å². The molecule has 0 aliphatic rings. The third-order valence-electron chi connectivity index (χ3n) is 2.88. The van der Waals surface area contributed by atoms with Crippen molar-refractivity contribution < 1.29 is 4.74 Å². The molecule has 0 radical (unpaired) electrons. The van der Waals surface area contributed by atoms with Crippen LogP contribution >= 0.6 is 0 Å². The summed E-state index contributed by atoms with van der Waals surface area (Å²) in [6.07, 6.45) is 1.52. The Morgan fingerprint density at radius 2 is 1.89 bits per heavy atom. The van der Waals surface area contributed by atoms with Crippen molar-refractivity contribution in [2.24, 2.45) is 5.73 Å². The number of aryl methyl sites for hydroxylation is 1. The zero-order valence-electron chi connectivity index (χ0n) is 11.4. The van der Waals surface area contributed by atoms with E-state index in [0.29, 0.717) is 6.54 Å². The second-order valence-corrected chi connectivity index (χ2v) is 4.48. The molecule has 2 aromatic rings. The third-order valence-corrected chi connectivity index (χ3v) is 2.88. The van der Waals surface area contributed by atoms with Crippen molar-refractivity contribution in [3.8, 4) is 5.75 Å². The van der Waals surface area contributed by atoms with Crippen molar-refractivity contribution in [2.45, 2.75) is 19.8 Å². The third kappa shape index (κ3) is 3.76. The van der Waals surface area contributed by atoms with E-state index in [9.17, 15) is 0 Å². The zero-order valence-corrected chi connectivity index (χ0v) is 11.4. The molecule has 2 N–H and O–H groups in total. The molecular weight excluding hydrogens is 238 g/mol. The summed E-state index contributed by atoms with van der Waals surface area (Å²) in [6, 6.07) is 9.96. The fraction of sp³-hybridized carbons (Fsp3) is 0.333. The predicted octanol–water partition coefficient (Wildman–Crippen LogP) is 1.89. The molecule has 100 valence electrons. The van der Waals surface area contributed by atoms with Crippen molar-refractivity contribution in [3.63, 3.8) is 0 Å². The smallest absolute Gasteiger partial charge is 0.133 e. The van der Waals surface area contributed by atoms with Crippen molar-refractivity contribution in [2.75, 3.05) is 13.7 Å². The van der Waals surface area contributed by atoms with Gasteiger partial charge in [-0.05, 0) is 37.2 Å². The van der Waals surface area contributed by atoms with Gasteiger partial charge in [0.15, 0.2) is 0 Å². The lowest BCUT2D eigenvalue weighted by Crippen LogP contribution is -2.08. The van der Waals surface area contributed by atoms with Gasteiger partial charge >= 0.3 is 0 Å². The molecule has 0 unspecified atom stereocenters. The van der Waals surface area contributed by atoms with Crippen LogP contribution in [0.3, 0.4) is 0 Å². The van der Waals surface area contributed by atoms with Crippen LogP contribution in [0.25, 0.3) is 0 Å². The van der Waals surface area contributed by atoms with Crippen LogP contribution in [-0.4, -0.2) is 23.6 Å². The minimum Gasteiger partial charge on any atom is -0.497 e. The van der Waals surface area contributed by atoms with Gasteiger partial charge in [0.05, 0.1) is 7.11 Å². The molecule has 0 saturated carbocycles. The standard InChI is InChI=1S/C15H19N3O/c1-11-9-13(7-8-16)18-15(17-11)10-12-3-5-14(19-2)6-4-12/h3-6,9H,7-8,10,16H2,1-2H3. The molecule has 0 amide bonds. The second-order valence-electron chi connectivity index (χ2n) is 4.48. The van der Waals surface area contributed by atoms with Crippen LogP contribution in [0.1, 0.15) is 22.8 Å². The topological polar surface area (TPSA) is 61.0 Å². The Morgan fingerprint density at radius 3 is 2.53 bits per heavy atom. The molecule has 4 nitrogen and oxygen atoms in total. The van der Waals surface area contributed by atoms with Gasteiger partial charge in [-0.15, -0.1) is 0 Å². The summed E-state index contributed by atoms with van der Waals surface area (Å²) < 4.78 is 5.14. The first kappa shape index (κ1) is 13.5. The van der Waals surface area contributed by atoms with Crippen LogP contribution in [0.15, 0.2) is 30.3 Å². The van der Waals surface area contributed by atoms with Crippen LogP contribution in [0.2, 0.25) is 0 Å². The highest BCUT2D eigenvalue weighted by Crippen LogP contribution is 2.14. The molecule has 0 aliphatic heterocycles. The molecule has 0 saturated heterocycles. The molecule has 0 spiro atoms. The maximum atomic E-state index is 5.57. The Hall–Kier alpha value is -1.94. The first-order valence-electron chi connectivity index (χ1n) is 6.37. The molecule has 4 heteroatoms. The lowest BCUT2D eigenvalue weighted by Gasteiger charge is -2.06. The second kappa shape index (κ2) is 6.29. The number of hydrogen-bond acceptors (Lipinski definition) is 4. The van der Waals surface area contributed by atoms with Gasteiger partial charge in [-0.3, -0.25) is 0 Å². The lowest BCUT2D eigenvalue weighted by molar-refractivity contribution is 0.414. The number of methoxy groups -OCH3 is 1. The average molecular weight is 257 g/mol. The summed E-state index contributed by atoms with van der Waals surface area (Å²) in [5.74, 6) is 1.70. The highest BCUT2D eigenvalue weighted by molar-refractivity contribution is 5.29. The van der Waals surface area contributed by atoms with Gasteiger partial charge < -0.3 is 10.5 Å². The maximum Gasteiger partial charge on any atom is 0.133 e. The summed E-state index contributed by atoms with van der Waals surface area (Å²) in [7, 11) is 1.66. The van der Waals surface area contributed by atoms with Gasteiger partial charge in [0.2, 0.25) is 0 Å². The van der Waals surface area contributed by atoms with E-state index >= 15 is 0 Å². The van der Waals surface area contributed by atoms with Crippen LogP contribution in [0.5, 0.6) is 5.75 Å². The van der Waals surface area contributed by atoms with E-state index in [2.05, 4.69) is 9.97 Å². The minimum absolute atomic E-state index is 0.610. The van der Waals surface area contributed by atoms with E-state index in [4.69, 9.17) is 10.5 Å². The predicted molar refractivity (Wildman–Crippen MR) is 75.3 cm³/mol. The van der Waals surface area contributed by atoms with Gasteiger partial charge in [0.25, 0.3) is 0 Å². The first-order valence-corrected chi connectivity index (χ1v) is 6.37. The van der Waals surface area contributed by atoms with Gasteiger partial charge in [0.1, 0.15) is 11.6 Å². The summed E-state index contributed by atoms with van der Waals surface area (Å²) in [5, 5.41) is 0. The number of benzene rings is 1. The summed E-state index contributed by atoms with van der Waals surface area (Å²) in [5.41, 5.74) is 8.74. The normalized spacial score (nSPS) is 10.5. The average Bonchev–Trinajstić information content (AvgIpc) is 2.39. The molecule has 1 heterocycles. The molecular formula is C15H19N3O. The van der Waals surface area contributed by atoms with Gasteiger partial charge in [0, 0.05) is 24.2 Å². The highest BCUT2D eigenvalue weighted by Gasteiger charge is 2.04. The Bertz CT molecular complexity index is 538. The Kier molecular flexibility index (Phi) is 4.47. The Balaban J connectivity index is 2.17. The summed E-state index contributed by atoms with van der Waals surface area (Å²) >= 11 is 0. The molecule has 1 aromatic carbocycles. The van der Waals surface area contributed by atoms with Crippen molar-refractivity contribution in [3.05, 3.63) is 53.1 Å². The first-order chi connectivity index (χ1) is 9.21. The van der Waals surface area contributed by atoms with Crippen molar-refractivity contribution in [1.29, 1.82) is 0 Å². The number of nitrogens with two attached hydrogens (primary N) is 1. The van der Waals surface area contributed by atoms with E-state index in [1.54, 1.807) is 7.11 Å². The van der Waals surface area contributed by atoms with E-state index in [1.165, 1.54) is 5.56 Å². The Morgan fingerprint density at radius 1 is 1.16 bits per heavy atom. The van der Waals surface area contributed by atoms with E-state index in [-0.39, 0.29) is 0 Å². The van der Waals surface area contributed by atoms with Crippen molar-refractivity contribution in [1.82, 2.24) is 9.97 Å². The molecule has 0 atom stereocenters. The van der Waals surface area contributed by atoms with Crippen LogP contribution < -0.4 is 10.5 Å². The van der Waals surface area contributed by atoms with Gasteiger partial charge in [-0.25, -0.2) is 9.97 Å². The fourth-order valence-electron chi connectivity index (χ4n) is 1.98. The van der Waals surface area contributed by atoms with Crippen LogP contribution in [0, 0.1) is 6.92 Å². The van der Waals surface area contributed by atoms with Crippen LogP contribution in [0.4, 0.5) is 0 Å². The number of nitrogens with zero attached hydrogens (tertiary/aromatic N) is 2. The van der Waals surface area contributed by atoms with E-state index < -0.39 is 0 Å². The quantitative estimate of drug-likeness (QED) is 0.888. The van der Waals surface area contributed by atoms with Gasteiger partial charge in [-0.2, -0.15) is 0 Å². The van der Waals surface area contributed by atoms with E-state index in [1.807, 2.05) is 37.3 Å². The van der Waals surface area contributed by atoms with Crippen LogP contribution in [-0.2, 0) is 12.8 Å². The highest BCUT2D eigenvalue weighted by atomic mass is 16.5. The number of hydrogen-bond donors (Lipinski definition) is 1. The summed E-state index contributed by atoms with van der Waals surface area (Å²) in [4.78, 5) is 9.01. The summed E-state index contributed by atoms with van der Waals surface area (Å²) in [6.45, 7) is 2.59. The molecule has 1 aromatic heterocycles. The number of rotatable bonds is 5. The number of aromatic nitrogens is 2. The number of ether oxygens (including phenoxy) is 1. The SMILES string of the molecule is COc1ccc(Cc2nc(C)cc(CCN)n2)cc1. The molecule has 0 fully saturated rings. The molecule has 19 heavy (non-hydrogen) atoms. The molecule has 0 aliphatic carbocycles. The van der Waals surface area contributed by atoms with Gasteiger partial charge in [-0.1, -0.05) is 12.1 Å². The lowest BCUT2D eigenvalue weighted by atomic mass is 10.1.